The molecule has 72 valence electrons. The van der Waals surface area contributed by atoms with E-state index in [1.54, 1.807) is 13.1 Å². The van der Waals surface area contributed by atoms with Crippen molar-refractivity contribution in [2.45, 2.75) is 0 Å². The van der Waals surface area contributed by atoms with Crippen LogP contribution in [-0.2, 0) is 7.05 Å². The Labute approximate surface area is 98.6 Å². The van der Waals surface area contributed by atoms with E-state index < -0.39 is 0 Å². The van der Waals surface area contributed by atoms with Crippen LogP contribution >= 0.6 is 34.2 Å². The van der Waals surface area contributed by atoms with Crippen molar-refractivity contribution in [2.24, 2.45) is 7.05 Å². The van der Waals surface area contributed by atoms with Crippen LogP contribution in [0, 0.1) is 3.57 Å². The summed E-state index contributed by atoms with van der Waals surface area (Å²) in [6.07, 6.45) is 0. The molecule has 0 fully saturated rings. The molecule has 0 unspecified atom stereocenters. The van der Waals surface area contributed by atoms with Crippen molar-refractivity contribution < 1.29 is 0 Å². The third kappa shape index (κ3) is 1.85. The molecule has 0 N–H and O–H groups in total. The van der Waals surface area contributed by atoms with Crippen LogP contribution in [0.5, 0.6) is 0 Å². The quantitative estimate of drug-likeness (QED) is 0.590. The van der Waals surface area contributed by atoms with Crippen molar-refractivity contribution in [3.05, 3.63) is 20.9 Å². The topological polar surface area (TPSA) is 56.5 Å². The Kier molecular flexibility index (Phi) is 2.64. The third-order valence-electron chi connectivity index (χ3n) is 1.53. The fraction of sp³-hybridized carbons (Fsp3) is 0.143. The maximum absolute atomic E-state index is 5.78. The minimum Gasteiger partial charge on any atom is -0.231 e. The molecule has 0 bridgehead atoms. The van der Waals surface area contributed by atoms with Gasteiger partial charge in [-0.05, 0) is 39.9 Å². The standard InChI is InChI=1S/C7H5ClIN5/c1-14-12-7(11-13-14)6-4(9)2-3-5(8)10-6/h2-3H,1H3. The highest BCUT2D eigenvalue weighted by molar-refractivity contribution is 14.1. The molecule has 0 aliphatic carbocycles. The van der Waals surface area contributed by atoms with Gasteiger partial charge < -0.3 is 0 Å². The van der Waals surface area contributed by atoms with Gasteiger partial charge >= 0.3 is 0 Å². The predicted octanol–water partition coefficient (Wildman–Crippen LogP) is 1.53. The lowest BCUT2D eigenvalue weighted by Gasteiger charge is -1.97. The molecular formula is C7H5ClIN5. The first-order chi connectivity index (χ1) is 6.66. The van der Waals surface area contributed by atoms with Gasteiger partial charge in [-0.25, -0.2) is 4.98 Å². The number of hydrogen-bond donors (Lipinski definition) is 0. The second-order valence-corrected chi connectivity index (χ2v) is 4.12. The van der Waals surface area contributed by atoms with E-state index in [2.05, 4.69) is 43.0 Å². The smallest absolute Gasteiger partial charge is 0.224 e. The predicted molar refractivity (Wildman–Crippen MR) is 59.8 cm³/mol. The second kappa shape index (κ2) is 3.77. The van der Waals surface area contributed by atoms with Gasteiger partial charge in [0.15, 0.2) is 0 Å². The number of hydrogen-bond acceptors (Lipinski definition) is 4. The molecule has 5 nitrogen and oxygen atoms in total. The summed E-state index contributed by atoms with van der Waals surface area (Å²) in [6, 6.07) is 3.59. The van der Waals surface area contributed by atoms with Crippen LogP contribution in [0.3, 0.4) is 0 Å². The number of aromatic nitrogens is 5. The van der Waals surface area contributed by atoms with Crippen molar-refractivity contribution in [3.8, 4) is 11.5 Å². The Balaban J connectivity index is 2.55. The molecule has 0 amide bonds. The molecule has 0 aliphatic heterocycles. The molecule has 2 aromatic heterocycles. The van der Waals surface area contributed by atoms with E-state index in [0.717, 1.165) is 3.57 Å². The summed E-state index contributed by atoms with van der Waals surface area (Å²) >= 11 is 7.93. The summed E-state index contributed by atoms with van der Waals surface area (Å²) in [7, 11) is 1.70. The molecule has 0 saturated heterocycles. The van der Waals surface area contributed by atoms with Crippen LogP contribution in [0.2, 0.25) is 5.15 Å². The first-order valence-corrected chi connectivity index (χ1v) is 5.19. The highest BCUT2D eigenvalue weighted by Gasteiger charge is 2.10. The molecule has 2 aromatic rings. The monoisotopic (exact) mass is 321 g/mol. The molecule has 0 spiro atoms. The van der Waals surface area contributed by atoms with Gasteiger partial charge in [0.05, 0.1) is 7.05 Å². The minimum absolute atomic E-state index is 0.424. The van der Waals surface area contributed by atoms with Crippen molar-refractivity contribution in [1.29, 1.82) is 0 Å². The lowest BCUT2D eigenvalue weighted by Crippen LogP contribution is -1.93. The summed E-state index contributed by atoms with van der Waals surface area (Å²) in [5, 5.41) is 12.1. The zero-order chi connectivity index (χ0) is 10.1. The maximum atomic E-state index is 5.78. The van der Waals surface area contributed by atoms with Crippen LogP contribution in [0.15, 0.2) is 12.1 Å². The number of halogens is 2. The van der Waals surface area contributed by atoms with E-state index in [0.29, 0.717) is 16.7 Å². The molecule has 7 heteroatoms. The van der Waals surface area contributed by atoms with Crippen LogP contribution in [-0.4, -0.2) is 25.2 Å². The number of aryl methyl sites for hydroxylation is 1. The van der Waals surface area contributed by atoms with Gasteiger partial charge in [-0.1, -0.05) is 11.6 Å². The van der Waals surface area contributed by atoms with Crippen LogP contribution in [0.25, 0.3) is 11.5 Å². The Morgan fingerprint density at radius 1 is 1.43 bits per heavy atom. The minimum atomic E-state index is 0.424. The van der Waals surface area contributed by atoms with E-state index in [1.165, 1.54) is 4.80 Å². The van der Waals surface area contributed by atoms with Crippen molar-refractivity contribution >= 4 is 34.2 Å². The highest BCUT2D eigenvalue weighted by Crippen LogP contribution is 2.20. The second-order valence-electron chi connectivity index (χ2n) is 2.57. The van der Waals surface area contributed by atoms with Gasteiger partial charge in [-0.3, -0.25) is 0 Å². The lowest BCUT2D eigenvalue weighted by atomic mass is 10.3. The Bertz CT molecular complexity index is 469. The molecular weight excluding hydrogens is 316 g/mol. The van der Waals surface area contributed by atoms with E-state index in [-0.39, 0.29) is 0 Å². The Morgan fingerprint density at radius 3 is 2.86 bits per heavy atom. The molecule has 2 rings (SSSR count). The Hall–Kier alpha value is -0.760. The number of nitrogens with zero attached hydrogens (tertiary/aromatic N) is 5. The zero-order valence-corrected chi connectivity index (χ0v) is 10.1. The Morgan fingerprint density at radius 2 is 2.21 bits per heavy atom. The SMILES string of the molecule is Cn1nnc(-c2nc(Cl)ccc2I)n1. The summed E-state index contributed by atoms with van der Waals surface area (Å²) in [5.41, 5.74) is 0.659. The number of rotatable bonds is 1. The largest absolute Gasteiger partial charge is 0.231 e. The lowest BCUT2D eigenvalue weighted by molar-refractivity contribution is 0.630. The van der Waals surface area contributed by atoms with E-state index in [9.17, 15) is 0 Å². The third-order valence-corrected chi connectivity index (χ3v) is 2.61. The van der Waals surface area contributed by atoms with Gasteiger partial charge in [0, 0.05) is 3.57 Å². The van der Waals surface area contributed by atoms with Crippen molar-refractivity contribution in [3.63, 3.8) is 0 Å². The number of pyridine rings is 1. The molecule has 0 radical (unpaired) electrons. The summed E-state index contributed by atoms with van der Waals surface area (Å²) in [4.78, 5) is 5.52. The molecule has 0 atom stereocenters. The molecule has 14 heavy (non-hydrogen) atoms. The van der Waals surface area contributed by atoms with E-state index in [4.69, 9.17) is 11.6 Å². The fourth-order valence-corrected chi connectivity index (χ4v) is 1.64. The molecule has 0 saturated carbocycles. The van der Waals surface area contributed by atoms with Crippen LogP contribution in [0.1, 0.15) is 0 Å². The molecule has 0 aliphatic rings. The van der Waals surface area contributed by atoms with E-state index in [1.807, 2.05) is 6.07 Å². The normalized spacial score (nSPS) is 10.5. The number of tetrazole rings is 1. The summed E-state index contributed by atoms with van der Waals surface area (Å²) < 4.78 is 0.944. The molecule has 0 aromatic carbocycles. The highest BCUT2D eigenvalue weighted by atomic mass is 127. The van der Waals surface area contributed by atoms with E-state index >= 15 is 0 Å². The van der Waals surface area contributed by atoms with Crippen molar-refractivity contribution in [1.82, 2.24) is 25.2 Å². The van der Waals surface area contributed by atoms with Crippen molar-refractivity contribution in [2.75, 3.05) is 0 Å². The van der Waals surface area contributed by atoms with Crippen LogP contribution < -0.4 is 0 Å². The average molecular weight is 322 g/mol. The van der Waals surface area contributed by atoms with Gasteiger partial charge in [-0.2, -0.15) is 4.80 Å². The van der Waals surface area contributed by atoms with Gasteiger partial charge in [0.1, 0.15) is 10.8 Å². The summed E-state index contributed by atoms with van der Waals surface area (Å²) in [6.45, 7) is 0. The van der Waals surface area contributed by atoms with Crippen LogP contribution in [0.4, 0.5) is 0 Å². The van der Waals surface area contributed by atoms with Gasteiger partial charge in [0.2, 0.25) is 5.82 Å². The summed E-state index contributed by atoms with van der Waals surface area (Å²) in [5.74, 6) is 0.486. The van der Waals surface area contributed by atoms with Gasteiger partial charge in [-0.15, -0.1) is 10.2 Å². The zero-order valence-electron chi connectivity index (χ0n) is 7.15. The van der Waals surface area contributed by atoms with Gasteiger partial charge in [0.25, 0.3) is 0 Å². The maximum Gasteiger partial charge on any atom is 0.224 e. The first kappa shape index (κ1) is 9.78. The molecule has 2 heterocycles. The fourth-order valence-electron chi connectivity index (χ4n) is 0.954. The first-order valence-electron chi connectivity index (χ1n) is 3.73. The average Bonchev–Trinajstić information content (AvgIpc) is 2.56.